The standard InChI is InChI=1S/C15H23NO3S/c1-11(2)20(18,13-9-7-12(3)8-10-13)16-14(17)19-15(4,5)6/h7-11H,1-6H3. The van der Waals surface area contributed by atoms with Gasteiger partial charge in [-0.15, -0.1) is 4.36 Å². The summed E-state index contributed by atoms with van der Waals surface area (Å²) in [6.45, 7) is 10.8. The van der Waals surface area contributed by atoms with Crippen LogP contribution in [0.2, 0.25) is 0 Å². The van der Waals surface area contributed by atoms with Crippen LogP contribution in [0.4, 0.5) is 4.79 Å². The molecule has 1 amide bonds. The van der Waals surface area contributed by atoms with Crippen molar-refractivity contribution in [3.05, 3.63) is 29.8 Å². The van der Waals surface area contributed by atoms with E-state index in [4.69, 9.17) is 4.74 Å². The van der Waals surface area contributed by atoms with E-state index in [1.54, 1.807) is 46.8 Å². The van der Waals surface area contributed by atoms with Crippen molar-refractivity contribution in [3.63, 3.8) is 0 Å². The zero-order valence-electron chi connectivity index (χ0n) is 13.0. The summed E-state index contributed by atoms with van der Waals surface area (Å²) in [6.07, 6.45) is -0.781. The predicted molar refractivity (Wildman–Crippen MR) is 81.4 cm³/mol. The summed E-state index contributed by atoms with van der Waals surface area (Å²) >= 11 is 0. The Bertz CT molecular complexity index is 589. The molecule has 0 spiro atoms. The van der Waals surface area contributed by atoms with Gasteiger partial charge in [-0.25, -0.2) is 9.00 Å². The van der Waals surface area contributed by atoms with Gasteiger partial charge in [-0.1, -0.05) is 17.7 Å². The van der Waals surface area contributed by atoms with Crippen LogP contribution in [0.1, 0.15) is 40.2 Å². The molecule has 1 unspecified atom stereocenters. The highest BCUT2D eigenvalue weighted by molar-refractivity contribution is 7.94. The fraction of sp³-hybridized carbons (Fsp3) is 0.533. The van der Waals surface area contributed by atoms with Gasteiger partial charge in [0.1, 0.15) is 5.60 Å². The molecule has 20 heavy (non-hydrogen) atoms. The third-order valence-corrected chi connectivity index (χ3v) is 5.25. The van der Waals surface area contributed by atoms with Gasteiger partial charge in [0.15, 0.2) is 0 Å². The van der Waals surface area contributed by atoms with Crippen molar-refractivity contribution < 1.29 is 13.7 Å². The van der Waals surface area contributed by atoms with Gasteiger partial charge in [0.05, 0.1) is 9.73 Å². The second-order valence-corrected chi connectivity index (χ2v) is 8.74. The van der Waals surface area contributed by atoms with Crippen LogP contribution in [0, 0.1) is 6.92 Å². The summed E-state index contributed by atoms with van der Waals surface area (Å²) < 4.78 is 22.0. The van der Waals surface area contributed by atoms with Crippen molar-refractivity contribution in [2.75, 3.05) is 0 Å². The quantitative estimate of drug-likeness (QED) is 0.823. The molecule has 0 heterocycles. The molecule has 1 rings (SSSR count). The molecule has 4 nitrogen and oxygen atoms in total. The molecule has 5 heteroatoms. The van der Waals surface area contributed by atoms with Crippen molar-refractivity contribution >= 4 is 15.8 Å². The minimum absolute atomic E-state index is 0.280. The summed E-state index contributed by atoms with van der Waals surface area (Å²) in [5, 5.41) is -0.280. The number of ether oxygens (including phenoxy) is 1. The third-order valence-electron chi connectivity index (χ3n) is 2.60. The number of nitrogens with zero attached hydrogens (tertiary/aromatic N) is 1. The lowest BCUT2D eigenvalue weighted by molar-refractivity contribution is 0.0607. The Balaban J connectivity index is 3.26. The highest BCUT2D eigenvalue weighted by Gasteiger charge is 2.22. The Morgan fingerprint density at radius 2 is 1.70 bits per heavy atom. The molecule has 0 saturated carbocycles. The number of rotatable bonds is 2. The number of aryl methyl sites for hydroxylation is 1. The highest BCUT2D eigenvalue weighted by atomic mass is 32.2. The Labute approximate surface area is 121 Å². The molecule has 1 atom stereocenters. The van der Waals surface area contributed by atoms with Crippen LogP contribution in [0.25, 0.3) is 0 Å². The maximum absolute atomic E-state index is 13.0. The fourth-order valence-corrected chi connectivity index (χ4v) is 3.20. The molecule has 112 valence electrons. The van der Waals surface area contributed by atoms with E-state index in [1.165, 1.54) is 0 Å². The number of hydrogen-bond donors (Lipinski definition) is 0. The molecule has 0 saturated heterocycles. The molecule has 0 bridgehead atoms. The number of amides is 1. The van der Waals surface area contributed by atoms with Crippen LogP contribution >= 0.6 is 0 Å². The summed E-state index contributed by atoms with van der Waals surface area (Å²) in [6, 6.07) is 7.24. The van der Waals surface area contributed by atoms with Gasteiger partial charge in [0.2, 0.25) is 0 Å². The number of carbonyl (C=O) groups excluding carboxylic acids is 1. The van der Waals surface area contributed by atoms with Gasteiger partial charge in [0, 0.05) is 10.1 Å². The van der Waals surface area contributed by atoms with E-state index >= 15 is 0 Å². The Morgan fingerprint density at radius 3 is 2.10 bits per heavy atom. The first-order valence-electron chi connectivity index (χ1n) is 6.60. The summed E-state index contributed by atoms with van der Waals surface area (Å²) in [5.74, 6) is 0. The third kappa shape index (κ3) is 4.34. The van der Waals surface area contributed by atoms with E-state index in [9.17, 15) is 9.00 Å². The SMILES string of the molecule is Cc1ccc(S(=O)(=NC(=O)OC(C)(C)C)C(C)C)cc1. The van der Waals surface area contributed by atoms with E-state index in [2.05, 4.69) is 4.36 Å². The molecule has 0 fully saturated rings. The second-order valence-electron chi connectivity index (χ2n) is 6.00. The van der Waals surface area contributed by atoms with Crippen LogP contribution in [0.15, 0.2) is 33.5 Å². The van der Waals surface area contributed by atoms with E-state index in [1.807, 2.05) is 19.1 Å². The van der Waals surface area contributed by atoms with Crippen molar-refractivity contribution in [2.45, 2.75) is 57.3 Å². The summed E-state index contributed by atoms with van der Waals surface area (Å²) in [4.78, 5) is 12.4. The molecule has 0 aliphatic carbocycles. The molecule has 0 radical (unpaired) electrons. The van der Waals surface area contributed by atoms with E-state index < -0.39 is 21.4 Å². The zero-order valence-corrected chi connectivity index (χ0v) is 13.8. The number of benzene rings is 1. The van der Waals surface area contributed by atoms with Crippen LogP contribution in [0.3, 0.4) is 0 Å². The molecule has 1 aromatic carbocycles. The zero-order chi connectivity index (χ0) is 15.6. The van der Waals surface area contributed by atoms with Gasteiger partial charge in [-0.3, -0.25) is 0 Å². The first kappa shape index (κ1) is 16.7. The van der Waals surface area contributed by atoms with Gasteiger partial charge in [-0.2, -0.15) is 0 Å². The largest absolute Gasteiger partial charge is 0.442 e. The summed E-state index contributed by atoms with van der Waals surface area (Å²) in [5.41, 5.74) is 0.419. The van der Waals surface area contributed by atoms with Crippen LogP contribution in [0.5, 0.6) is 0 Å². The number of hydrogen-bond acceptors (Lipinski definition) is 3. The average Bonchev–Trinajstić information content (AvgIpc) is 2.26. The van der Waals surface area contributed by atoms with E-state index in [0.29, 0.717) is 4.90 Å². The maximum atomic E-state index is 13.0. The molecular formula is C15H23NO3S. The van der Waals surface area contributed by atoms with Crippen LogP contribution in [-0.2, 0) is 14.5 Å². The second kappa shape index (κ2) is 5.95. The molecule has 0 N–H and O–H groups in total. The lowest BCUT2D eigenvalue weighted by atomic mass is 10.2. The minimum Gasteiger partial charge on any atom is -0.442 e. The van der Waals surface area contributed by atoms with E-state index in [0.717, 1.165) is 5.56 Å². The van der Waals surface area contributed by atoms with Gasteiger partial charge in [-0.05, 0) is 53.7 Å². The summed E-state index contributed by atoms with van der Waals surface area (Å²) in [7, 11) is -2.82. The van der Waals surface area contributed by atoms with E-state index in [-0.39, 0.29) is 5.25 Å². The lowest BCUT2D eigenvalue weighted by Crippen LogP contribution is -2.24. The Hall–Kier alpha value is -1.36. The van der Waals surface area contributed by atoms with Crippen molar-refractivity contribution in [3.8, 4) is 0 Å². The maximum Gasteiger partial charge on any atom is 0.442 e. The molecular weight excluding hydrogens is 274 g/mol. The van der Waals surface area contributed by atoms with Gasteiger partial charge in [0.25, 0.3) is 0 Å². The molecule has 0 aliphatic heterocycles. The van der Waals surface area contributed by atoms with Crippen molar-refractivity contribution in [1.82, 2.24) is 0 Å². The highest BCUT2D eigenvalue weighted by Crippen LogP contribution is 2.21. The monoisotopic (exact) mass is 297 g/mol. The first-order valence-corrected chi connectivity index (χ1v) is 8.18. The van der Waals surface area contributed by atoms with Crippen molar-refractivity contribution in [2.24, 2.45) is 4.36 Å². The molecule has 0 aromatic heterocycles. The Morgan fingerprint density at radius 1 is 1.20 bits per heavy atom. The normalized spacial score (nSPS) is 14.8. The van der Waals surface area contributed by atoms with Crippen LogP contribution in [-0.4, -0.2) is 21.2 Å². The van der Waals surface area contributed by atoms with Crippen molar-refractivity contribution in [1.29, 1.82) is 0 Å². The smallest absolute Gasteiger partial charge is 0.442 e. The Kier molecular flexibility index (Phi) is 4.97. The lowest BCUT2D eigenvalue weighted by Gasteiger charge is -2.19. The average molecular weight is 297 g/mol. The minimum atomic E-state index is -2.82. The first-order chi connectivity index (χ1) is 9.04. The topological polar surface area (TPSA) is 55.7 Å². The van der Waals surface area contributed by atoms with Gasteiger partial charge >= 0.3 is 6.09 Å². The number of carbonyl (C=O) groups is 1. The fourth-order valence-electron chi connectivity index (χ4n) is 1.55. The molecule has 1 aromatic rings. The molecule has 0 aliphatic rings. The predicted octanol–water partition coefficient (Wildman–Crippen LogP) is 4.17. The van der Waals surface area contributed by atoms with Gasteiger partial charge < -0.3 is 4.74 Å². The van der Waals surface area contributed by atoms with Crippen LogP contribution < -0.4 is 0 Å².